The summed E-state index contributed by atoms with van der Waals surface area (Å²) >= 11 is 0. The van der Waals surface area contributed by atoms with Gasteiger partial charge in [-0.1, -0.05) is 13.8 Å². The topological polar surface area (TPSA) is 17.1 Å². The number of hydrogen-bond acceptors (Lipinski definition) is 1. The van der Waals surface area contributed by atoms with Crippen LogP contribution < -0.4 is 0 Å². The average molecular weight is 166 g/mol. The van der Waals surface area contributed by atoms with Gasteiger partial charge in [-0.25, -0.2) is 0 Å². The van der Waals surface area contributed by atoms with Crippen molar-refractivity contribution in [3.05, 3.63) is 0 Å². The molecule has 12 heavy (non-hydrogen) atoms. The van der Waals surface area contributed by atoms with E-state index in [1.807, 2.05) is 0 Å². The molecule has 1 nitrogen and oxygen atoms in total. The Balaban J connectivity index is 2.16. The molecule has 0 heterocycles. The fourth-order valence-electron chi connectivity index (χ4n) is 3.30. The van der Waals surface area contributed by atoms with Crippen LogP contribution in [0.4, 0.5) is 0 Å². The fourth-order valence-corrected chi connectivity index (χ4v) is 3.30. The van der Waals surface area contributed by atoms with Crippen LogP contribution in [0.2, 0.25) is 0 Å². The van der Waals surface area contributed by atoms with Gasteiger partial charge in [-0.3, -0.25) is 4.79 Å². The van der Waals surface area contributed by atoms with E-state index in [-0.39, 0.29) is 0 Å². The highest BCUT2D eigenvalue weighted by Gasteiger charge is 2.55. The fraction of sp³-hybridized carbons (Fsp3) is 0.909. The predicted molar refractivity (Wildman–Crippen MR) is 48.8 cm³/mol. The predicted octanol–water partition coefficient (Wildman–Crippen LogP) is 2.65. The van der Waals surface area contributed by atoms with Gasteiger partial charge in [0, 0.05) is 5.92 Å². The van der Waals surface area contributed by atoms with E-state index >= 15 is 0 Å². The van der Waals surface area contributed by atoms with E-state index < -0.39 is 0 Å². The van der Waals surface area contributed by atoms with E-state index in [1.54, 1.807) is 6.92 Å². The van der Waals surface area contributed by atoms with Crippen LogP contribution in [-0.4, -0.2) is 5.78 Å². The molecule has 0 unspecified atom stereocenters. The maximum Gasteiger partial charge on any atom is 0.133 e. The van der Waals surface area contributed by atoms with Crippen molar-refractivity contribution in [2.24, 2.45) is 23.2 Å². The number of carbonyl (C=O) groups excluding carboxylic acids is 1. The normalized spacial score (nSPS) is 43.4. The molecule has 0 amide bonds. The van der Waals surface area contributed by atoms with Gasteiger partial charge in [-0.2, -0.15) is 0 Å². The lowest BCUT2D eigenvalue weighted by molar-refractivity contribution is -0.144. The monoisotopic (exact) mass is 166 g/mol. The summed E-state index contributed by atoms with van der Waals surface area (Å²) in [5, 5.41) is 0. The average Bonchev–Trinajstić information content (AvgIpc) is 2.04. The molecule has 3 aliphatic carbocycles. The van der Waals surface area contributed by atoms with Crippen molar-refractivity contribution in [2.75, 3.05) is 0 Å². The van der Waals surface area contributed by atoms with Crippen LogP contribution in [0.15, 0.2) is 0 Å². The lowest BCUT2D eigenvalue weighted by Gasteiger charge is -2.59. The Hall–Kier alpha value is -0.330. The summed E-state index contributed by atoms with van der Waals surface area (Å²) in [6.45, 7) is 6.43. The molecule has 0 aromatic heterocycles. The zero-order valence-corrected chi connectivity index (χ0v) is 8.26. The quantitative estimate of drug-likeness (QED) is 0.585. The Morgan fingerprint density at radius 1 is 1.33 bits per heavy atom. The molecule has 3 fully saturated rings. The Kier molecular flexibility index (Phi) is 1.61. The molecule has 0 aromatic rings. The molecule has 3 atom stereocenters. The molecule has 3 saturated carbocycles. The van der Waals surface area contributed by atoms with Crippen molar-refractivity contribution in [3.63, 3.8) is 0 Å². The second-order valence-corrected chi connectivity index (χ2v) is 5.15. The van der Waals surface area contributed by atoms with E-state index in [9.17, 15) is 4.79 Å². The zero-order valence-electron chi connectivity index (χ0n) is 8.26. The van der Waals surface area contributed by atoms with Crippen LogP contribution >= 0.6 is 0 Å². The van der Waals surface area contributed by atoms with Crippen molar-refractivity contribution >= 4 is 5.78 Å². The van der Waals surface area contributed by atoms with Crippen LogP contribution in [0.25, 0.3) is 0 Å². The molecule has 0 aromatic carbocycles. The Morgan fingerprint density at radius 3 is 2.33 bits per heavy atom. The summed E-state index contributed by atoms with van der Waals surface area (Å²) in [4.78, 5) is 11.3. The smallest absolute Gasteiger partial charge is 0.133 e. The summed E-state index contributed by atoms with van der Waals surface area (Å²) in [5.41, 5.74) is 0.467. The lowest BCUT2D eigenvalue weighted by Crippen LogP contribution is -2.53. The summed E-state index contributed by atoms with van der Waals surface area (Å²) in [6.07, 6.45) is 3.76. The van der Waals surface area contributed by atoms with Crippen LogP contribution in [0, 0.1) is 23.2 Å². The van der Waals surface area contributed by atoms with Crippen molar-refractivity contribution in [3.8, 4) is 0 Å². The SMILES string of the molecule is CC(=O)[C@H]1CC[C@H]2C[C@@H]1C2(C)C. The Labute approximate surface area is 74.5 Å². The Bertz CT molecular complexity index is 215. The molecule has 3 aliphatic rings. The minimum atomic E-state index is 0.394. The second-order valence-electron chi connectivity index (χ2n) is 5.15. The van der Waals surface area contributed by atoms with Crippen LogP contribution in [0.1, 0.15) is 40.0 Å². The largest absolute Gasteiger partial charge is 0.300 e. The minimum Gasteiger partial charge on any atom is -0.300 e. The zero-order chi connectivity index (χ0) is 8.93. The molecule has 2 bridgehead atoms. The van der Waals surface area contributed by atoms with Gasteiger partial charge in [0.25, 0.3) is 0 Å². The number of carbonyl (C=O) groups is 1. The van der Waals surface area contributed by atoms with Gasteiger partial charge >= 0.3 is 0 Å². The van der Waals surface area contributed by atoms with E-state index in [0.717, 1.165) is 12.3 Å². The number of hydrogen-bond donors (Lipinski definition) is 0. The first kappa shape index (κ1) is 8.28. The maximum absolute atomic E-state index is 11.3. The maximum atomic E-state index is 11.3. The minimum absolute atomic E-state index is 0.394. The molecule has 0 saturated heterocycles. The molecule has 3 rings (SSSR count). The molecule has 68 valence electrons. The molecule has 0 spiro atoms. The van der Waals surface area contributed by atoms with Gasteiger partial charge in [-0.15, -0.1) is 0 Å². The van der Waals surface area contributed by atoms with Gasteiger partial charge < -0.3 is 0 Å². The first-order valence-electron chi connectivity index (χ1n) is 5.04. The molecule has 0 radical (unpaired) electrons. The van der Waals surface area contributed by atoms with Gasteiger partial charge in [-0.05, 0) is 43.4 Å². The number of rotatable bonds is 1. The van der Waals surface area contributed by atoms with Crippen LogP contribution in [0.3, 0.4) is 0 Å². The van der Waals surface area contributed by atoms with Crippen molar-refractivity contribution in [2.45, 2.75) is 40.0 Å². The second kappa shape index (κ2) is 2.34. The third kappa shape index (κ3) is 0.884. The third-order valence-electron chi connectivity index (χ3n) is 4.38. The van der Waals surface area contributed by atoms with Gasteiger partial charge in [0.15, 0.2) is 0 Å². The van der Waals surface area contributed by atoms with E-state index in [0.29, 0.717) is 23.0 Å². The number of fused-ring (bicyclic) bond motifs is 2. The number of ketones is 1. The van der Waals surface area contributed by atoms with Crippen LogP contribution in [-0.2, 0) is 4.79 Å². The van der Waals surface area contributed by atoms with Crippen molar-refractivity contribution in [1.29, 1.82) is 0 Å². The first-order chi connectivity index (χ1) is 5.53. The highest BCUT2D eigenvalue weighted by molar-refractivity contribution is 5.79. The van der Waals surface area contributed by atoms with Crippen molar-refractivity contribution in [1.82, 2.24) is 0 Å². The van der Waals surface area contributed by atoms with Gasteiger partial charge in [0.2, 0.25) is 0 Å². The summed E-state index contributed by atoms with van der Waals surface area (Å²) < 4.78 is 0. The van der Waals surface area contributed by atoms with Crippen molar-refractivity contribution < 1.29 is 4.79 Å². The van der Waals surface area contributed by atoms with E-state index in [4.69, 9.17) is 0 Å². The van der Waals surface area contributed by atoms with E-state index in [1.165, 1.54) is 12.8 Å². The molecular weight excluding hydrogens is 148 g/mol. The van der Waals surface area contributed by atoms with Crippen LogP contribution in [0.5, 0.6) is 0 Å². The standard InChI is InChI=1S/C11H18O/c1-7(12)9-5-4-8-6-10(9)11(8,2)3/h8-10H,4-6H2,1-3H3/t8-,9+,10-/m0/s1. The highest BCUT2D eigenvalue weighted by Crippen LogP contribution is 2.61. The molecule has 0 aliphatic heterocycles. The van der Waals surface area contributed by atoms with Gasteiger partial charge in [0.05, 0.1) is 0 Å². The summed E-state index contributed by atoms with van der Waals surface area (Å²) in [7, 11) is 0. The highest BCUT2D eigenvalue weighted by atomic mass is 16.1. The summed E-state index contributed by atoms with van der Waals surface area (Å²) in [6, 6.07) is 0. The van der Waals surface area contributed by atoms with Gasteiger partial charge in [0.1, 0.15) is 5.78 Å². The first-order valence-corrected chi connectivity index (χ1v) is 5.04. The van der Waals surface area contributed by atoms with E-state index in [2.05, 4.69) is 13.8 Å². The number of Topliss-reactive ketones (excluding diaryl/α,β-unsaturated/α-hetero) is 1. The summed E-state index contributed by atoms with van der Waals surface area (Å²) in [5.74, 6) is 2.43. The Morgan fingerprint density at radius 2 is 2.00 bits per heavy atom. The lowest BCUT2D eigenvalue weighted by atomic mass is 9.45. The molecule has 0 N–H and O–H groups in total. The molecule has 1 heteroatoms. The molecular formula is C11H18O. The third-order valence-corrected chi connectivity index (χ3v) is 4.38.